The first-order valence-electron chi connectivity index (χ1n) is 9.27. The summed E-state index contributed by atoms with van der Waals surface area (Å²) in [6.45, 7) is 6.23. The SMILES string of the molecule is Cc1nnc(CSc2ncc(-c3ccccc3)n2-c2ccccc2C(C)C)o1. The van der Waals surface area contributed by atoms with Gasteiger partial charge in [-0.05, 0) is 17.5 Å². The summed E-state index contributed by atoms with van der Waals surface area (Å²) >= 11 is 1.60. The van der Waals surface area contributed by atoms with Crippen molar-refractivity contribution in [1.82, 2.24) is 19.7 Å². The maximum absolute atomic E-state index is 5.52. The predicted molar refractivity (Wildman–Crippen MR) is 112 cm³/mol. The Bertz CT molecular complexity index is 1070. The van der Waals surface area contributed by atoms with Crippen molar-refractivity contribution in [3.63, 3.8) is 0 Å². The summed E-state index contributed by atoms with van der Waals surface area (Å²) < 4.78 is 7.76. The molecule has 0 aliphatic heterocycles. The van der Waals surface area contributed by atoms with Crippen molar-refractivity contribution in [2.24, 2.45) is 0 Å². The third-order valence-corrected chi connectivity index (χ3v) is 5.43. The summed E-state index contributed by atoms with van der Waals surface area (Å²) in [5.41, 5.74) is 4.64. The summed E-state index contributed by atoms with van der Waals surface area (Å²) in [4.78, 5) is 4.73. The second-order valence-corrected chi connectivity index (χ2v) is 7.79. The molecule has 0 spiro atoms. The number of benzene rings is 2. The number of hydrogen-bond acceptors (Lipinski definition) is 5. The van der Waals surface area contributed by atoms with Gasteiger partial charge in [0.15, 0.2) is 5.16 Å². The number of para-hydroxylation sites is 1. The van der Waals surface area contributed by atoms with Crippen LogP contribution in [-0.4, -0.2) is 19.7 Å². The summed E-state index contributed by atoms with van der Waals surface area (Å²) in [5.74, 6) is 2.17. The average Bonchev–Trinajstić information content (AvgIpc) is 3.33. The fraction of sp³-hybridized carbons (Fsp3) is 0.227. The molecule has 2 aromatic heterocycles. The Kier molecular flexibility index (Phi) is 5.30. The zero-order chi connectivity index (χ0) is 19.5. The molecule has 0 fully saturated rings. The first-order chi connectivity index (χ1) is 13.6. The van der Waals surface area contributed by atoms with Gasteiger partial charge in [-0.3, -0.25) is 4.57 Å². The lowest BCUT2D eigenvalue weighted by molar-refractivity contribution is 0.485. The largest absolute Gasteiger partial charge is 0.425 e. The first-order valence-corrected chi connectivity index (χ1v) is 10.3. The summed E-state index contributed by atoms with van der Waals surface area (Å²) in [6, 6.07) is 18.9. The Labute approximate surface area is 168 Å². The summed E-state index contributed by atoms with van der Waals surface area (Å²) in [7, 11) is 0. The third kappa shape index (κ3) is 3.73. The van der Waals surface area contributed by atoms with Gasteiger partial charge in [0, 0.05) is 12.5 Å². The van der Waals surface area contributed by atoms with Crippen molar-refractivity contribution < 1.29 is 4.42 Å². The Hall–Kier alpha value is -2.86. The van der Waals surface area contributed by atoms with Gasteiger partial charge in [-0.2, -0.15) is 0 Å². The second-order valence-electron chi connectivity index (χ2n) is 6.84. The molecule has 0 unspecified atom stereocenters. The van der Waals surface area contributed by atoms with Gasteiger partial charge in [-0.1, -0.05) is 74.1 Å². The number of aryl methyl sites for hydroxylation is 1. The molecule has 0 radical (unpaired) electrons. The van der Waals surface area contributed by atoms with E-state index in [4.69, 9.17) is 9.40 Å². The van der Waals surface area contributed by atoms with Gasteiger partial charge in [0.2, 0.25) is 11.8 Å². The molecule has 6 heteroatoms. The lowest BCUT2D eigenvalue weighted by Gasteiger charge is -2.18. The van der Waals surface area contributed by atoms with Crippen molar-refractivity contribution >= 4 is 11.8 Å². The molecule has 0 atom stereocenters. The Morgan fingerprint density at radius 1 is 1.00 bits per heavy atom. The van der Waals surface area contributed by atoms with E-state index >= 15 is 0 Å². The molecule has 0 amide bonds. The fourth-order valence-electron chi connectivity index (χ4n) is 3.18. The van der Waals surface area contributed by atoms with E-state index in [1.807, 2.05) is 12.3 Å². The average molecular weight is 391 g/mol. The van der Waals surface area contributed by atoms with Crippen LogP contribution in [0.25, 0.3) is 16.9 Å². The number of nitrogens with zero attached hydrogens (tertiary/aromatic N) is 4. The monoisotopic (exact) mass is 390 g/mol. The standard InChI is InChI=1S/C22H22N4OS/c1-15(2)18-11-7-8-12-19(18)26-20(17-9-5-4-6-10-17)13-23-22(26)28-14-21-25-24-16(3)27-21/h4-13,15H,14H2,1-3H3. The lowest BCUT2D eigenvalue weighted by Crippen LogP contribution is -2.04. The molecule has 0 aliphatic carbocycles. The van der Waals surface area contributed by atoms with Crippen LogP contribution in [-0.2, 0) is 5.75 Å². The van der Waals surface area contributed by atoms with Crippen LogP contribution in [0.3, 0.4) is 0 Å². The highest BCUT2D eigenvalue weighted by molar-refractivity contribution is 7.98. The molecule has 142 valence electrons. The highest BCUT2D eigenvalue weighted by atomic mass is 32.2. The number of hydrogen-bond donors (Lipinski definition) is 0. The molecule has 0 aliphatic rings. The van der Waals surface area contributed by atoms with E-state index in [0.29, 0.717) is 23.5 Å². The van der Waals surface area contributed by atoms with Gasteiger partial charge in [-0.15, -0.1) is 10.2 Å². The quantitative estimate of drug-likeness (QED) is 0.398. The number of aromatic nitrogens is 4. The van der Waals surface area contributed by atoms with Gasteiger partial charge < -0.3 is 4.42 Å². The Balaban J connectivity index is 1.80. The van der Waals surface area contributed by atoms with Crippen molar-refractivity contribution in [2.75, 3.05) is 0 Å². The van der Waals surface area contributed by atoms with Crippen LogP contribution < -0.4 is 0 Å². The number of thioether (sulfide) groups is 1. The molecule has 4 rings (SSSR count). The normalized spacial score (nSPS) is 11.3. The van der Waals surface area contributed by atoms with Crippen LogP contribution in [0.1, 0.15) is 37.1 Å². The molecular weight excluding hydrogens is 368 g/mol. The predicted octanol–water partition coefficient (Wildman–Crippen LogP) is 5.65. The minimum absolute atomic E-state index is 0.402. The fourth-order valence-corrected chi connectivity index (χ4v) is 4.01. The van der Waals surface area contributed by atoms with E-state index in [1.54, 1.807) is 18.7 Å². The number of rotatable bonds is 6. The first kappa shape index (κ1) is 18.5. The second kappa shape index (κ2) is 8.02. The van der Waals surface area contributed by atoms with Crippen molar-refractivity contribution in [3.05, 3.63) is 78.1 Å². The topological polar surface area (TPSA) is 56.7 Å². The van der Waals surface area contributed by atoms with E-state index in [9.17, 15) is 0 Å². The lowest BCUT2D eigenvalue weighted by atomic mass is 10.0. The highest BCUT2D eigenvalue weighted by Gasteiger charge is 2.18. The minimum atomic E-state index is 0.402. The van der Waals surface area contributed by atoms with Crippen LogP contribution in [0, 0.1) is 6.92 Å². The van der Waals surface area contributed by atoms with E-state index < -0.39 is 0 Å². The maximum Gasteiger partial charge on any atom is 0.226 e. The van der Waals surface area contributed by atoms with Gasteiger partial charge in [-0.25, -0.2) is 4.98 Å². The number of imidazole rings is 1. The zero-order valence-electron chi connectivity index (χ0n) is 16.2. The van der Waals surface area contributed by atoms with E-state index in [1.165, 1.54) is 5.56 Å². The Morgan fingerprint density at radius 3 is 2.46 bits per heavy atom. The van der Waals surface area contributed by atoms with Crippen LogP contribution in [0.5, 0.6) is 0 Å². The molecule has 2 aromatic carbocycles. The molecule has 5 nitrogen and oxygen atoms in total. The molecule has 2 heterocycles. The van der Waals surface area contributed by atoms with Crippen molar-refractivity contribution in [1.29, 1.82) is 0 Å². The van der Waals surface area contributed by atoms with E-state index in [2.05, 4.69) is 77.1 Å². The zero-order valence-corrected chi connectivity index (χ0v) is 17.0. The highest BCUT2D eigenvalue weighted by Crippen LogP contribution is 2.34. The van der Waals surface area contributed by atoms with E-state index in [0.717, 1.165) is 22.1 Å². The van der Waals surface area contributed by atoms with Crippen LogP contribution >= 0.6 is 11.8 Å². The van der Waals surface area contributed by atoms with Gasteiger partial charge in [0.25, 0.3) is 0 Å². The van der Waals surface area contributed by atoms with Crippen LogP contribution in [0.15, 0.2) is 70.4 Å². The molecule has 0 bridgehead atoms. The molecule has 4 aromatic rings. The molecular formula is C22H22N4OS. The molecule has 28 heavy (non-hydrogen) atoms. The van der Waals surface area contributed by atoms with Gasteiger partial charge in [0.05, 0.1) is 23.3 Å². The van der Waals surface area contributed by atoms with Crippen LogP contribution in [0.4, 0.5) is 0 Å². The third-order valence-electron chi connectivity index (χ3n) is 4.49. The summed E-state index contributed by atoms with van der Waals surface area (Å²) in [6.07, 6.45) is 1.94. The maximum atomic E-state index is 5.52. The van der Waals surface area contributed by atoms with Crippen LogP contribution in [0.2, 0.25) is 0 Å². The molecule has 0 saturated carbocycles. The molecule has 0 saturated heterocycles. The van der Waals surface area contributed by atoms with Gasteiger partial charge >= 0.3 is 0 Å². The van der Waals surface area contributed by atoms with Crippen molar-refractivity contribution in [2.45, 2.75) is 37.6 Å². The van der Waals surface area contributed by atoms with E-state index in [-0.39, 0.29) is 0 Å². The molecule has 0 N–H and O–H groups in total. The smallest absolute Gasteiger partial charge is 0.226 e. The van der Waals surface area contributed by atoms with Crippen molar-refractivity contribution in [3.8, 4) is 16.9 Å². The van der Waals surface area contributed by atoms with Gasteiger partial charge in [0.1, 0.15) is 0 Å². The minimum Gasteiger partial charge on any atom is -0.425 e. The summed E-state index contributed by atoms with van der Waals surface area (Å²) in [5, 5.41) is 8.92. The Morgan fingerprint density at radius 2 is 1.75 bits per heavy atom.